The lowest BCUT2D eigenvalue weighted by atomic mass is 10.1. The van der Waals surface area contributed by atoms with E-state index < -0.39 is 5.91 Å². The van der Waals surface area contributed by atoms with Crippen LogP contribution in [0, 0.1) is 6.92 Å². The van der Waals surface area contributed by atoms with Crippen LogP contribution in [0.2, 0.25) is 10.0 Å². The van der Waals surface area contributed by atoms with Crippen LogP contribution in [0.5, 0.6) is 0 Å². The molecule has 3 aromatic carbocycles. The molecule has 0 spiro atoms. The fourth-order valence-corrected chi connectivity index (χ4v) is 4.45. The summed E-state index contributed by atoms with van der Waals surface area (Å²) in [6, 6.07) is 21.9. The summed E-state index contributed by atoms with van der Waals surface area (Å²) in [5.41, 5.74) is 4.74. The van der Waals surface area contributed by atoms with Crippen LogP contribution in [-0.4, -0.2) is 16.0 Å². The van der Waals surface area contributed by atoms with Crippen LogP contribution in [0.15, 0.2) is 87.7 Å². The zero-order chi connectivity index (χ0) is 25.9. The first-order valence-electron chi connectivity index (χ1n) is 11.2. The molecule has 0 bridgehead atoms. The van der Waals surface area contributed by atoms with Crippen molar-refractivity contribution in [1.29, 1.82) is 0 Å². The maximum atomic E-state index is 12.4. The Labute approximate surface area is 227 Å². The smallest absolute Gasteiger partial charge is 0.250 e. The van der Waals surface area contributed by atoms with Gasteiger partial charge in [-0.1, -0.05) is 41.4 Å². The van der Waals surface area contributed by atoms with Crippen LogP contribution in [0.25, 0.3) is 40.0 Å². The lowest BCUT2D eigenvalue weighted by Gasteiger charge is -2.07. The summed E-state index contributed by atoms with van der Waals surface area (Å²) in [5.74, 6) is 1.20. The molecule has 37 heavy (non-hydrogen) atoms. The van der Waals surface area contributed by atoms with Crippen LogP contribution in [0.3, 0.4) is 0 Å². The van der Waals surface area contributed by atoms with Gasteiger partial charge in [0.25, 0.3) is 0 Å². The number of furan rings is 1. The van der Waals surface area contributed by atoms with Gasteiger partial charge in [-0.25, -0.2) is 4.98 Å². The van der Waals surface area contributed by atoms with E-state index >= 15 is 0 Å². The summed E-state index contributed by atoms with van der Waals surface area (Å²) in [6.07, 6.45) is 2.87. The number of carbonyl (C=O) groups is 1. The molecule has 2 heterocycles. The third-order valence-electron chi connectivity index (χ3n) is 5.43. The van der Waals surface area contributed by atoms with E-state index in [1.807, 2.05) is 31.2 Å². The highest BCUT2D eigenvalue weighted by molar-refractivity contribution is 7.80. The van der Waals surface area contributed by atoms with Crippen molar-refractivity contribution in [2.75, 3.05) is 5.32 Å². The Hall–Kier alpha value is -3.91. The van der Waals surface area contributed by atoms with Crippen LogP contribution < -0.4 is 10.6 Å². The standard InChI is InChI=1S/C28H19Cl2N3O3S/c1-16-4-2-3-5-22(16)27-32-23-15-20(6-9-25(23)36-27)31-28(37)33-26(34)11-8-21-7-10-24(35-21)17-12-18(29)14-19(30)13-17/h2-15H,1H3,(H2,31,33,34,37)/b11-8+. The number of aryl methyl sites for hydroxylation is 1. The summed E-state index contributed by atoms with van der Waals surface area (Å²) in [7, 11) is 0. The van der Waals surface area contributed by atoms with E-state index in [1.165, 1.54) is 6.08 Å². The molecule has 5 rings (SSSR count). The lowest BCUT2D eigenvalue weighted by Crippen LogP contribution is -2.32. The summed E-state index contributed by atoms with van der Waals surface area (Å²) in [5, 5.41) is 6.76. The monoisotopic (exact) mass is 547 g/mol. The van der Waals surface area contributed by atoms with Crippen molar-refractivity contribution in [3.05, 3.63) is 100 Å². The average molecular weight is 548 g/mol. The summed E-state index contributed by atoms with van der Waals surface area (Å²) in [6.45, 7) is 2.01. The summed E-state index contributed by atoms with van der Waals surface area (Å²) in [4.78, 5) is 17.0. The topological polar surface area (TPSA) is 80.3 Å². The third-order valence-corrected chi connectivity index (χ3v) is 6.07. The predicted octanol–water partition coefficient (Wildman–Crippen LogP) is 7.90. The number of aromatic nitrogens is 1. The second kappa shape index (κ2) is 10.6. The number of thiocarbonyl (C=S) groups is 1. The van der Waals surface area contributed by atoms with Gasteiger partial charge in [0, 0.05) is 32.9 Å². The number of fused-ring (bicyclic) bond motifs is 1. The molecule has 1 amide bonds. The van der Waals surface area contributed by atoms with Crippen molar-refractivity contribution in [2.24, 2.45) is 0 Å². The van der Waals surface area contributed by atoms with Gasteiger partial charge < -0.3 is 14.2 Å². The molecule has 0 atom stereocenters. The van der Waals surface area contributed by atoms with Crippen molar-refractivity contribution in [3.63, 3.8) is 0 Å². The van der Waals surface area contributed by atoms with Gasteiger partial charge in [0.05, 0.1) is 0 Å². The molecule has 6 nitrogen and oxygen atoms in total. The molecule has 2 N–H and O–H groups in total. The zero-order valence-electron chi connectivity index (χ0n) is 19.4. The highest BCUT2D eigenvalue weighted by Crippen LogP contribution is 2.30. The van der Waals surface area contributed by atoms with E-state index in [2.05, 4.69) is 15.6 Å². The van der Waals surface area contributed by atoms with E-state index in [4.69, 9.17) is 44.3 Å². The van der Waals surface area contributed by atoms with Crippen LogP contribution >= 0.6 is 35.4 Å². The minimum Gasteiger partial charge on any atom is -0.457 e. The molecule has 0 saturated heterocycles. The number of hydrogen-bond donors (Lipinski definition) is 2. The molecule has 0 unspecified atom stereocenters. The number of amides is 1. The molecule has 2 aromatic heterocycles. The average Bonchev–Trinajstić information content (AvgIpc) is 3.49. The fourth-order valence-electron chi connectivity index (χ4n) is 3.70. The highest BCUT2D eigenvalue weighted by atomic mass is 35.5. The molecule has 9 heteroatoms. The number of carbonyl (C=O) groups excluding carboxylic acids is 1. The first kappa shape index (κ1) is 24.8. The zero-order valence-corrected chi connectivity index (χ0v) is 21.7. The minimum atomic E-state index is -0.411. The van der Waals surface area contributed by atoms with Gasteiger partial charge in [-0.3, -0.25) is 10.1 Å². The number of hydrogen-bond acceptors (Lipinski definition) is 5. The number of anilines is 1. The highest BCUT2D eigenvalue weighted by Gasteiger charge is 2.12. The molecule has 0 fully saturated rings. The molecule has 0 saturated carbocycles. The second-order valence-electron chi connectivity index (χ2n) is 8.15. The van der Waals surface area contributed by atoms with E-state index in [0.29, 0.717) is 44.2 Å². The first-order valence-corrected chi connectivity index (χ1v) is 12.3. The van der Waals surface area contributed by atoms with Crippen LogP contribution in [0.4, 0.5) is 5.69 Å². The van der Waals surface area contributed by atoms with Gasteiger partial charge in [0.1, 0.15) is 17.0 Å². The van der Waals surface area contributed by atoms with E-state index in [1.54, 1.807) is 54.6 Å². The van der Waals surface area contributed by atoms with Crippen molar-refractivity contribution >= 4 is 69.3 Å². The van der Waals surface area contributed by atoms with Crippen molar-refractivity contribution in [3.8, 4) is 22.8 Å². The molecule has 0 radical (unpaired) electrons. The van der Waals surface area contributed by atoms with Gasteiger partial charge in [-0.15, -0.1) is 0 Å². The molecular formula is C28H19Cl2N3O3S. The van der Waals surface area contributed by atoms with E-state index in [0.717, 1.165) is 16.7 Å². The van der Waals surface area contributed by atoms with Gasteiger partial charge in [-0.2, -0.15) is 0 Å². The Morgan fingerprint density at radius 1 is 0.973 bits per heavy atom. The van der Waals surface area contributed by atoms with Crippen molar-refractivity contribution in [1.82, 2.24) is 10.3 Å². The minimum absolute atomic E-state index is 0.144. The summed E-state index contributed by atoms with van der Waals surface area (Å²) < 4.78 is 11.7. The van der Waals surface area contributed by atoms with Gasteiger partial charge >= 0.3 is 0 Å². The Morgan fingerprint density at radius 3 is 2.54 bits per heavy atom. The molecule has 5 aromatic rings. The Bertz CT molecular complexity index is 1650. The van der Waals surface area contributed by atoms with Crippen molar-refractivity contribution in [2.45, 2.75) is 6.92 Å². The quantitative estimate of drug-likeness (QED) is 0.172. The van der Waals surface area contributed by atoms with Crippen LogP contribution in [0.1, 0.15) is 11.3 Å². The molecule has 184 valence electrons. The second-order valence-corrected chi connectivity index (χ2v) is 9.43. The maximum Gasteiger partial charge on any atom is 0.250 e. The van der Waals surface area contributed by atoms with Crippen molar-refractivity contribution < 1.29 is 13.6 Å². The Morgan fingerprint density at radius 2 is 1.76 bits per heavy atom. The third kappa shape index (κ3) is 5.91. The van der Waals surface area contributed by atoms with E-state index in [9.17, 15) is 4.79 Å². The predicted molar refractivity (Wildman–Crippen MR) is 152 cm³/mol. The number of rotatable bonds is 5. The molecule has 0 aliphatic carbocycles. The lowest BCUT2D eigenvalue weighted by molar-refractivity contribution is -0.115. The number of benzene rings is 3. The normalized spacial score (nSPS) is 11.2. The first-order chi connectivity index (χ1) is 17.8. The number of oxazole rings is 1. The van der Waals surface area contributed by atoms with Crippen LogP contribution in [-0.2, 0) is 4.79 Å². The maximum absolute atomic E-state index is 12.4. The number of halogens is 2. The largest absolute Gasteiger partial charge is 0.457 e. The molecule has 0 aliphatic heterocycles. The Kier molecular flexibility index (Phi) is 7.10. The SMILES string of the molecule is Cc1ccccc1-c1nc2cc(NC(=S)NC(=O)/C=C/c3ccc(-c4cc(Cl)cc(Cl)c4)o3)ccc2o1. The fraction of sp³-hybridized carbons (Fsp3) is 0.0357. The summed E-state index contributed by atoms with van der Waals surface area (Å²) >= 11 is 17.4. The van der Waals surface area contributed by atoms with Gasteiger partial charge in [0.2, 0.25) is 11.8 Å². The van der Waals surface area contributed by atoms with Gasteiger partial charge in [-0.05, 0) is 85.4 Å². The molecule has 0 aliphatic rings. The number of nitrogens with zero attached hydrogens (tertiary/aromatic N) is 1. The number of nitrogens with one attached hydrogen (secondary N) is 2. The van der Waals surface area contributed by atoms with Gasteiger partial charge in [0.15, 0.2) is 10.7 Å². The van der Waals surface area contributed by atoms with E-state index in [-0.39, 0.29) is 5.11 Å². The molecular weight excluding hydrogens is 529 g/mol. The Balaban J connectivity index is 1.21.